The summed E-state index contributed by atoms with van der Waals surface area (Å²) in [6, 6.07) is 12.7. The van der Waals surface area contributed by atoms with Gasteiger partial charge in [-0.1, -0.05) is 29.8 Å². The van der Waals surface area contributed by atoms with E-state index in [0.29, 0.717) is 11.3 Å². The summed E-state index contributed by atoms with van der Waals surface area (Å²) in [5.41, 5.74) is 6.64. The van der Waals surface area contributed by atoms with Gasteiger partial charge < -0.3 is 5.73 Å². The molecule has 0 amide bonds. The minimum Gasteiger partial charge on any atom is -0.326 e. The van der Waals surface area contributed by atoms with E-state index in [9.17, 15) is 8.42 Å². The van der Waals surface area contributed by atoms with Gasteiger partial charge in [-0.3, -0.25) is 4.72 Å². The van der Waals surface area contributed by atoms with Gasteiger partial charge in [0.25, 0.3) is 10.0 Å². The van der Waals surface area contributed by atoms with Crippen LogP contribution in [0.3, 0.4) is 0 Å². The summed E-state index contributed by atoms with van der Waals surface area (Å²) in [6.45, 7) is 0.194. The molecule has 0 aliphatic heterocycles. The summed E-state index contributed by atoms with van der Waals surface area (Å²) in [5.74, 6) is 0. The van der Waals surface area contributed by atoms with Gasteiger partial charge in [0.1, 0.15) is 11.0 Å². The maximum atomic E-state index is 12.4. The lowest BCUT2D eigenvalue weighted by Crippen LogP contribution is -2.16. The predicted octanol–water partition coefficient (Wildman–Crippen LogP) is 2.47. The summed E-state index contributed by atoms with van der Waals surface area (Å²) >= 11 is 5.82. The first kappa shape index (κ1) is 15.3. The maximum Gasteiger partial charge on any atom is 0.263 e. The van der Waals surface area contributed by atoms with Crippen LogP contribution in [-0.4, -0.2) is 8.42 Å². The fourth-order valence-corrected chi connectivity index (χ4v) is 3.33. The predicted molar refractivity (Wildman–Crippen MR) is 81.3 cm³/mol. The Morgan fingerprint density at radius 3 is 2.62 bits per heavy atom. The first-order chi connectivity index (χ1) is 9.97. The van der Waals surface area contributed by atoms with Crippen LogP contribution >= 0.6 is 11.6 Å². The number of rotatable bonds is 4. The van der Waals surface area contributed by atoms with Gasteiger partial charge in [0, 0.05) is 11.6 Å². The van der Waals surface area contributed by atoms with E-state index in [1.165, 1.54) is 18.2 Å². The lowest BCUT2D eigenvalue weighted by atomic mass is 10.2. The molecule has 0 heterocycles. The minimum atomic E-state index is -3.92. The van der Waals surface area contributed by atoms with Gasteiger partial charge in [0.05, 0.1) is 11.3 Å². The highest BCUT2D eigenvalue weighted by Gasteiger charge is 2.20. The topological polar surface area (TPSA) is 96.0 Å². The van der Waals surface area contributed by atoms with Crippen molar-refractivity contribution in [2.75, 3.05) is 4.72 Å². The van der Waals surface area contributed by atoms with Crippen LogP contribution in [0.2, 0.25) is 5.02 Å². The lowest BCUT2D eigenvalue weighted by Gasteiger charge is -2.12. The van der Waals surface area contributed by atoms with E-state index in [4.69, 9.17) is 22.6 Å². The summed E-state index contributed by atoms with van der Waals surface area (Å²) in [7, 11) is -3.92. The Balaban J connectivity index is 2.49. The SMILES string of the molecule is N#Cc1ccc(Cl)cc1S(=O)(=O)Nc1ccccc1CN. The first-order valence-corrected chi connectivity index (χ1v) is 7.84. The normalized spacial score (nSPS) is 10.9. The zero-order chi connectivity index (χ0) is 15.5. The average Bonchev–Trinajstić information content (AvgIpc) is 2.47. The van der Waals surface area contributed by atoms with Crippen LogP contribution in [0.5, 0.6) is 0 Å². The molecule has 0 unspecified atom stereocenters. The molecule has 2 aromatic rings. The molecule has 0 radical (unpaired) electrons. The van der Waals surface area contributed by atoms with Crippen molar-refractivity contribution >= 4 is 27.3 Å². The molecule has 0 aliphatic rings. The highest BCUT2D eigenvalue weighted by Crippen LogP contribution is 2.24. The smallest absolute Gasteiger partial charge is 0.263 e. The van der Waals surface area contributed by atoms with Crippen LogP contribution in [-0.2, 0) is 16.6 Å². The third-order valence-corrected chi connectivity index (χ3v) is 4.48. The Hall–Kier alpha value is -2.07. The fraction of sp³-hybridized carbons (Fsp3) is 0.0714. The second-order valence-electron chi connectivity index (χ2n) is 4.22. The van der Waals surface area contributed by atoms with E-state index < -0.39 is 10.0 Å². The van der Waals surface area contributed by atoms with Crippen LogP contribution in [0.4, 0.5) is 5.69 Å². The van der Waals surface area contributed by atoms with Crippen molar-refractivity contribution < 1.29 is 8.42 Å². The third-order valence-electron chi connectivity index (χ3n) is 2.84. The quantitative estimate of drug-likeness (QED) is 0.904. The summed E-state index contributed by atoms with van der Waals surface area (Å²) in [6.07, 6.45) is 0. The van der Waals surface area contributed by atoms with E-state index in [0.717, 1.165) is 0 Å². The average molecular weight is 322 g/mol. The van der Waals surface area contributed by atoms with E-state index in [2.05, 4.69) is 4.72 Å². The van der Waals surface area contributed by atoms with Crippen LogP contribution in [0.25, 0.3) is 0 Å². The Bertz CT molecular complexity index is 813. The van der Waals surface area contributed by atoms with E-state index in [1.807, 2.05) is 6.07 Å². The van der Waals surface area contributed by atoms with Crippen LogP contribution in [0, 0.1) is 11.3 Å². The summed E-state index contributed by atoms with van der Waals surface area (Å²) < 4.78 is 27.3. The molecule has 2 aromatic carbocycles. The fourth-order valence-electron chi connectivity index (χ4n) is 1.81. The number of nitrogens with one attached hydrogen (secondary N) is 1. The molecule has 0 fully saturated rings. The van der Waals surface area contributed by atoms with Gasteiger partial charge in [-0.2, -0.15) is 5.26 Å². The number of anilines is 1. The molecule has 0 saturated carbocycles. The number of hydrogen-bond donors (Lipinski definition) is 2. The van der Waals surface area contributed by atoms with Crippen molar-refractivity contribution in [1.29, 1.82) is 5.26 Å². The van der Waals surface area contributed by atoms with Crippen molar-refractivity contribution in [3.8, 4) is 6.07 Å². The largest absolute Gasteiger partial charge is 0.326 e. The number of nitrogens with zero attached hydrogens (tertiary/aromatic N) is 1. The van der Waals surface area contributed by atoms with Crippen molar-refractivity contribution in [3.05, 3.63) is 58.6 Å². The van der Waals surface area contributed by atoms with Crippen LogP contribution < -0.4 is 10.5 Å². The van der Waals surface area contributed by atoms with Gasteiger partial charge in [-0.25, -0.2) is 8.42 Å². The Morgan fingerprint density at radius 1 is 1.24 bits per heavy atom. The number of benzene rings is 2. The van der Waals surface area contributed by atoms with Crippen molar-refractivity contribution in [2.24, 2.45) is 5.73 Å². The molecule has 0 aliphatic carbocycles. The molecule has 0 spiro atoms. The molecular weight excluding hydrogens is 310 g/mol. The standard InChI is InChI=1S/C14H12ClN3O2S/c15-12-6-5-11(9-17)14(7-12)21(19,20)18-13-4-2-1-3-10(13)8-16/h1-7,18H,8,16H2. The number of sulfonamides is 1. The molecule has 0 saturated heterocycles. The number of hydrogen-bond acceptors (Lipinski definition) is 4. The Morgan fingerprint density at radius 2 is 1.95 bits per heavy atom. The lowest BCUT2D eigenvalue weighted by molar-refractivity contribution is 0.601. The summed E-state index contributed by atoms with van der Waals surface area (Å²) in [5, 5.41) is 9.27. The van der Waals surface area contributed by atoms with E-state index in [1.54, 1.807) is 24.3 Å². The summed E-state index contributed by atoms with van der Waals surface area (Å²) in [4.78, 5) is -0.163. The van der Waals surface area contributed by atoms with E-state index in [-0.39, 0.29) is 22.0 Å². The number of nitriles is 1. The molecule has 21 heavy (non-hydrogen) atoms. The van der Waals surface area contributed by atoms with Gasteiger partial charge in [-0.15, -0.1) is 0 Å². The van der Waals surface area contributed by atoms with Crippen molar-refractivity contribution in [1.82, 2.24) is 0 Å². The minimum absolute atomic E-state index is 0.0251. The van der Waals surface area contributed by atoms with Gasteiger partial charge in [-0.05, 0) is 29.8 Å². The van der Waals surface area contributed by atoms with Crippen LogP contribution in [0.1, 0.15) is 11.1 Å². The van der Waals surface area contributed by atoms with Gasteiger partial charge in [0.2, 0.25) is 0 Å². The highest BCUT2D eigenvalue weighted by molar-refractivity contribution is 7.92. The second kappa shape index (κ2) is 6.14. The molecule has 3 N–H and O–H groups in total. The molecule has 7 heteroatoms. The first-order valence-electron chi connectivity index (χ1n) is 5.98. The third kappa shape index (κ3) is 3.34. The number of halogens is 1. The highest BCUT2D eigenvalue weighted by atomic mass is 35.5. The van der Waals surface area contributed by atoms with Crippen LogP contribution in [0.15, 0.2) is 47.4 Å². The molecule has 5 nitrogen and oxygen atoms in total. The van der Waals surface area contributed by atoms with Gasteiger partial charge in [0.15, 0.2) is 0 Å². The van der Waals surface area contributed by atoms with Crippen molar-refractivity contribution in [3.63, 3.8) is 0 Å². The molecule has 108 valence electrons. The zero-order valence-electron chi connectivity index (χ0n) is 10.9. The Labute approximate surface area is 128 Å². The number of nitrogens with two attached hydrogens (primary N) is 1. The Kier molecular flexibility index (Phi) is 4.48. The zero-order valence-corrected chi connectivity index (χ0v) is 12.4. The molecule has 0 atom stereocenters. The van der Waals surface area contributed by atoms with E-state index >= 15 is 0 Å². The second-order valence-corrected chi connectivity index (χ2v) is 6.31. The maximum absolute atomic E-state index is 12.4. The monoisotopic (exact) mass is 321 g/mol. The molecular formula is C14H12ClN3O2S. The number of para-hydroxylation sites is 1. The molecule has 0 bridgehead atoms. The molecule has 0 aromatic heterocycles. The van der Waals surface area contributed by atoms with Gasteiger partial charge >= 0.3 is 0 Å². The van der Waals surface area contributed by atoms with Crippen molar-refractivity contribution in [2.45, 2.75) is 11.4 Å². The molecule has 2 rings (SSSR count).